The largest absolute Gasteiger partial charge is 0.508 e. The number of hydrogen-bond donors (Lipinski definition) is 10. The van der Waals surface area contributed by atoms with Crippen LogP contribution in [0.15, 0.2) is 29.3 Å². The maximum Gasteiger partial charge on any atom is 0.327 e. The predicted octanol–water partition coefficient (Wildman–Crippen LogP) is -2.74. The van der Waals surface area contributed by atoms with Gasteiger partial charge in [0.15, 0.2) is 5.96 Å². The summed E-state index contributed by atoms with van der Waals surface area (Å²) in [6.45, 7) is 0.0956. The normalized spacial score (nSPS) is 13.7. The number of aliphatic imine (C=N–C) groups is 1. The molecule has 1 rings (SSSR count). The summed E-state index contributed by atoms with van der Waals surface area (Å²) >= 11 is 3.88. The second kappa shape index (κ2) is 15.9. The minimum Gasteiger partial charge on any atom is -0.508 e. The van der Waals surface area contributed by atoms with E-state index in [0.717, 1.165) is 0 Å². The van der Waals surface area contributed by atoms with Crippen LogP contribution in [0.2, 0.25) is 0 Å². The van der Waals surface area contributed by atoms with Crippen molar-refractivity contribution in [1.29, 1.82) is 0 Å². The number of guanidine groups is 1. The summed E-state index contributed by atoms with van der Waals surface area (Å²) in [5, 5.41) is 34.7. The number of phenols is 1. The van der Waals surface area contributed by atoms with Crippen molar-refractivity contribution in [3.8, 4) is 5.75 Å². The van der Waals surface area contributed by atoms with Crippen molar-refractivity contribution in [2.75, 3.05) is 12.3 Å². The lowest BCUT2D eigenvalue weighted by molar-refractivity contribution is -0.142. The van der Waals surface area contributed by atoms with Crippen LogP contribution >= 0.6 is 12.6 Å². The highest BCUT2D eigenvalue weighted by Crippen LogP contribution is 2.11. The monoisotopic (exact) mass is 555 g/mol. The number of carbonyl (C=O) groups is 5. The molecule has 38 heavy (non-hydrogen) atoms. The summed E-state index contributed by atoms with van der Waals surface area (Å²) in [5.41, 5.74) is 17.1. The smallest absolute Gasteiger partial charge is 0.327 e. The highest BCUT2D eigenvalue weighted by molar-refractivity contribution is 7.80. The van der Waals surface area contributed by atoms with Crippen molar-refractivity contribution in [2.45, 2.75) is 49.9 Å². The van der Waals surface area contributed by atoms with Crippen LogP contribution in [0.5, 0.6) is 5.75 Å². The van der Waals surface area contributed by atoms with Gasteiger partial charge in [-0.25, -0.2) is 4.79 Å². The number of aliphatic carboxylic acids is 2. The van der Waals surface area contributed by atoms with Crippen LogP contribution in [0.25, 0.3) is 0 Å². The number of nitrogens with one attached hydrogen (secondary N) is 3. The topological polar surface area (TPSA) is 273 Å². The third-order valence-electron chi connectivity index (χ3n) is 5.12. The summed E-state index contributed by atoms with van der Waals surface area (Å²) in [5.74, 6) is -5.85. The molecule has 0 aliphatic heterocycles. The third kappa shape index (κ3) is 11.8. The zero-order valence-corrected chi connectivity index (χ0v) is 21.3. The highest BCUT2D eigenvalue weighted by Gasteiger charge is 2.31. The van der Waals surface area contributed by atoms with E-state index in [9.17, 15) is 39.3 Å². The van der Waals surface area contributed by atoms with Crippen LogP contribution in [0.3, 0.4) is 0 Å². The fourth-order valence-electron chi connectivity index (χ4n) is 3.14. The van der Waals surface area contributed by atoms with Gasteiger partial charge in [-0.3, -0.25) is 24.2 Å². The number of phenolic OH excluding ortho intramolecular Hbond substituents is 1. The summed E-state index contributed by atoms with van der Waals surface area (Å²) < 4.78 is 0. The molecule has 3 amide bonds. The van der Waals surface area contributed by atoms with Crippen LogP contribution < -0.4 is 33.2 Å². The average Bonchev–Trinajstić information content (AvgIpc) is 2.84. The maximum atomic E-state index is 12.9. The number of hydrogen-bond acceptors (Lipinski definition) is 9. The molecule has 0 saturated heterocycles. The van der Waals surface area contributed by atoms with Gasteiger partial charge in [0.05, 0.1) is 12.5 Å². The number of rotatable bonds is 16. The van der Waals surface area contributed by atoms with E-state index in [0.29, 0.717) is 5.56 Å². The number of aromatic hydroxyl groups is 1. The number of thiol groups is 1. The fraction of sp³-hybridized carbons (Fsp3) is 0.455. The molecule has 210 valence electrons. The van der Waals surface area contributed by atoms with Gasteiger partial charge in [-0.15, -0.1) is 0 Å². The molecule has 16 heteroatoms. The van der Waals surface area contributed by atoms with Crippen molar-refractivity contribution in [3.63, 3.8) is 0 Å². The highest BCUT2D eigenvalue weighted by atomic mass is 32.1. The molecule has 0 spiro atoms. The molecule has 15 nitrogen and oxygen atoms in total. The Labute approximate surface area is 223 Å². The van der Waals surface area contributed by atoms with Gasteiger partial charge < -0.3 is 48.5 Å². The molecule has 4 atom stereocenters. The number of carbonyl (C=O) groups excluding carboxylic acids is 3. The number of carboxylic acids is 2. The van der Waals surface area contributed by atoms with E-state index in [1.165, 1.54) is 12.1 Å². The minimum atomic E-state index is -1.60. The van der Waals surface area contributed by atoms with Crippen molar-refractivity contribution in [1.82, 2.24) is 16.0 Å². The van der Waals surface area contributed by atoms with Crippen molar-refractivity contribution in [2.24, 2.45) is 22.2 Å². The van der Waals surface area contributed by atoms with Gasteiger partial charge in [0.1, 0.15) is 23.9 Å². The molecule has 0 bridgehead atoms. The first-order valence-corrected chi connectivity index (χ1v) is 12.0. The number of amides is 3. The molecule has 0 radical (unpaired) electrons. The van der Waals surface area contributed by atoms with Crippen molar-refractivity contribution >= 4 is 48.2 Å². The molecule has 0 aliphatic carbocycles. The van der Waals surface area contributed by atoms with Crippen molar-refractivity contribution < 1.29 is 39.3 Å². The average molecular weight is 556 g/mol. The first-order chi connectivity index (χ1) is 17.8. The quantitative estimate of drug-likeness (QED) is 0.0432. The van der Waals surface area contributed by atoms with E-state index in [4.69, 9.17) is 17.2 Å². The van der Waals surface area contributed by atoms with E-state index < -0.39 is 60.2 Å². The molecular weight excluding hydrogens is 522 g/mol. The van der Waals surface area contributed by atoms with E-state index >= 15 is 0 Å². The molecule has 0 saturated carbocycles. The second-order valence-corrected chi connectivity index (χ2v) is 8.59. The summed E-state index contributed by atoms with van der Waals surface area (Å²) in [4.78, 5) is 64.7. The summed E-state index contributed by atoms with van der Waals surface area (Å²) in [7, 11) is 0. The number of nitrogens with zero attached hydrogens (tertiary/aromatic N) is 1. The number of benzene rings is 1. The lowest BCUT2D eigenvalue weighted by Crippen LogP contribution is -2.57. The van der Waals surface area contributed by atoms with Crippen LogP contribution in [0.1, 0.15) is 24.8 Å². The van der Waals surface area contributed by atoms with Crippen LogP contribution in [-0.2, 0) is 30.4 Å². The number of carboxylic acid groups (broad SMARTS) is 2. The van der Waals surface area contributed by atoms with Gasteiger partial charge >= 0.3 is 11.9 Å². The van der Waals surface area contributed by atoms with Crippen molar-refractivity contribution in [3.05, 3.63) is 29.8 Å². The SMILES string of the molecule is NC(N)=NCCCC(NC(=O)C(CC(=O)O)NC(=O)C(N)Cc1ccc(O)cc1)C(=O)NC(CS)C(=O)O. The van der Waals surface area contributed by atoms with Crippen LogP contribution in [-0.4, -0.2) is 87.4 Å². The Balaban J connectivity index is 2.99. The summed E-state index contributed by atoms with van der Waals surface area (Å²) in [6, 6.07) is 0.485. The predicted molar refractivity (Wildman–Crippen MR) is 139 cm³/mol. The minimum absolute atomic E-state index is 0.0194. The van der Waals surface area contributed by atoms with Gasteiger partial charge in [-0.1, -0.05) is 12.1 Å². The molecular formula is C22H33N7O8S. The van der Waals surface area contributed by atoms with Gasteiger partial charge in [0.2, 0.25) is 17.7 Å². The maximum absolute atomic E-state index is 12.9. The lowest BCUT2D eigenvalue weighted by Gasteiger charge is -2.24. The Bertz CT molecular complexity index is 1020. The molecule has 1 aromatic rings. The molecule has 12 N–H and O–H groups in total. The van der Waals surface area contributed by atoms with Gasteiger partial charge in [0, 0.05) is 12.3 Å². The second-order valence-electron chi connectivity index (χ2n) is 8.23. The first kappa shape index (κ1) is 32.0. The molecule has 4 unspecified atom stereocenters. The van der Waals surface area contributed by atoms with Gasteiger partial charge in [-0.05, 0) is 37.0 Å². The Morgan fingerprint density at radius 1 is 0.895 bits per heavy atom. The fourth-order valence-corrected chi connectivity index (χ4v) is 3.39. The molecule has 0 aromatic heterocycles. The Kier molecular flexibility index (Phi) is 13.4. The van der Waals surface area contributed by atoms with Gasteiger partial charge in [-0.2, -0.15) is 12.6 Å². The summed E-state index contributed by atoms with van der Waals surface area (Å²) in [6.07, 6.45) is -0.631. The third-order valence-corrected chi connectivity index (χ3v) is 5.48. The zero-order chi connectivity index (χ0) is 28.8. The Hall–Kier alpha value is -4.05. The lowest BCUT2D eigenvalue weighted by atomic mass is 10.0. The van der Waals surface area contributed by atoms with E-state index in [2.05, 4.69) is 33.6 Å². The zero-order valence-electron chi connectivity index (χ0n) is 20.4. The Morgan fingerprint density at radius 2 is 1.45 bits per heavy atom. The molecule has 0 aliphatic rings. The van der Waals surface area contributed by atoms with Crippen LogP contribution in [0, 0.1) is 0 Å². The first-order valence-electron chi connectivity index (χ1n) is 11.4. The Morgan fingerprint density at radius 3 is 1.97 bits per heavy atom. The van der Waals surface area contributed by atoms with Crippen LogP contribution in [0.4, 0.5) is 0 Å². The molecule has 0 heterocycles. The van der Waals surface area contributed by atoms with E-state index in [1.54, 1.807) is 12.1 Å². The molecule has 1 aromatic carbocycles. The van der Waals surface area contributed by atoms with Gasteiger partial charge in [0.25, 0.3) is 0 Å². The number of nitrogens with two attached hydrogens (primary N) is 3. The molecule has 0 fully saturated rings. The van der Waals surface area contributed by atoms with E-state index in [-0.39, 0.29) is 43.3 Å². The standard InChI is InChI=1S/C22H33N7O8S/c23-13(8-11-3-5-12(30)6-4-11)18(33)28-15(9-17(31)32)20(35)27-14(2-1-7-26-22(24)25)19(34)29-16(10-38)21(36)37/h3-6,13-16,30,38H,1-2,7-10,23H2,(H,27,35)(H,28,33)(H,29,34)(H,31,32)(H,36,37)(H4,24,25,26). The van der Waals surface area contributed by atoms with E-state index in [1.807, 2.05) is 0 Å².